The van der Waals surface area contributed by atoms with Crippen LogP contribution < -0.4 is 5.32 Å². The molecule has 0 radical (unpaired) electrons. The van der Waals surface area contributed by atoms with Crippen molar-refractivity contribution in [1.29, 1.82) is 0 Å². The van der Waals surface area contributed by atoms with Gasteiger partial charge >= 0.3 is 0 Å². The predicted octanol–water partition coefficient (Wildman–Crippen LogP) is 3.92. The first-order valence-corrected chi connectivity index (χ1v) is 8.73. The van der Waals surface area contributed by atoms with Crippen molar-refractivity contribution in [3.05, 3.63) is 29.8 Å². The molecule has 1 aliphatic rings. The number of hydrogen-bond acceptors (Lipinski definition) is 3. The fourth-order valence-corrected chi connectivity index (χ4v) is 3.72. The van der Waals surface area contributed by atoms with Crippen LogP contribution in [0, 0.1) is 5.92 Å². The second kappa shape index (κ2) is 8.06. The van der Waals surface area contributed by atoms with Gasteiger partial charge in [-0.05, 0) is 36.6 Å². The quantitative estimate of drug-likeness (QED) is 0.770. The molecule has 3 heteroatoms. The predicted molar refractivity (Wildman–Crippen MR) is 87.6 cm³/mol. The van der Waals surface area contributed by atoms with Crippen LogP contribution >= 0.6 is 11.8 Å². The van der Waals surface area contributed by atoms with Crippen molar-refractivity contribution >= 4 is 11.8 Å². The van der Waals surface area contributed by atoms with Crippen LogP contribution in [-0.4, -0.2) is 31.6 Å². The molecule has 0 bridgehead atoms. The van der Waals surface area contributed by atoms with Crippen molar-refractivity contribution in [2.24, 2.45) is 5.92 Å². The number of ether oxygens (including phenoxy) is 1. The number of hydrogen-bond donors (Lipinski definition) is 1. The highest BCUT2D eigenvalue weighted by Crippen LogP contribution is 2.26. The van der Waals surface area contributed by atoms with E-state index in [2.05, 4.69) is 50.4 Å². The zero-order valence-electron chi connectivity index (χ0n) is 12.9. The number of nitrogens with one attached hydrogen (secondary N) is 1. The third kappa shape index (κ3) is 4.51. The van der Waals surface area contributed by atoms with Gasteiger partial charge in [0, 0.05) is 29.2 Å². The fourth-order valence-electron chi connectivity index (χ4n) is 2.63. The summed E-state index contributed by atoms with van der Waals surface area (Å²) in [6.07, 6.45) is 1.20. The average molecular weight is 293 g/mol. The van der Waals surface area contributed by atoms with Crippen molar-refractivity contribution in [1.82, 2.24) is 5.32 Å². The molecule has 1 N–H and O–H groups in total. The Labute approximate surface area is 127 Å². The van der Waals surface area contributed by atoms with E-state index in [4.69, 9.17) is 4.74 Å². The lowest BCUT2D eigenvalue weighted by molar-refractivity contribution is 0.179. The van der Waals surface area contributed by atoms with E-state index in [0.29, 0.717) is 17.9 Å². The normalized spacial score (nSPS) is 20.5. The molecule has 2 atom stereocenters. The molecule has 0 aromatic heterocycles. The summed E-state index contributed by atoms with van der Waals surface area (Å²) in [4.78, 5) is 1.37. The van der Waals surface area contributed by atoms with Crippen LogP contribution in [0.4, 0.5) is 0 Å². The standard InChI is InChI=1S/C17H27NOS/c1-4-18-17(15-9-10-19-11-15)12-20-16-7-5-14(6-8-16)13(2)3/h5-8,13,15,17-18H,4,9-12H2,1-3H3. The molecule has 2 rings (SSSR count). The summed E-state index contributed by atoms with van der Waals surface area (Å²) >= 11 is 1.96. The summed E-state index contributed by atoms with van der Waals surface area (Å²) in [5, 5.41) is 3.62. The van der Waals surface area contributed by atoms with Gasteiger partial charge in [-0.2, -0.15) is 0 Å². The Hall–Kier alpha value is -0.510. The van der Waals surface area contributed by atoms with Gasteiger partial charge < -0.3 is 10.1 Å². The third-order valence-electron chi connectivity index (χ3n) is 3.98. The summed E-state index contributed by atoms with van der Waals surface area (Å²) in [7, 11) is 0. The van der Waals surface area contributed by atoms with E-state index >= 15 is 0 Å². The molecule has 1 aromatic rings. The largest absolute Gasteiger partial charge is 0.381 e. The number of benzene rings is 1. The first-order valence-electron chi connectivity index (χ1n) is 7.74. The van der Waals surface area contributed by atoms with Crippen LogP contribution in [-0.2, 0) is 4.74 Å². The van der Waals surface area contributed by atoms with Crippen molar-refractivity contribution in [2.45, 2.75) is 44.0 Å². The van der Waals surface area contributed by atoms with E-state index < -0.39 is 0 Å². The molecule has 1 heterocycles. The Morgan fingerprint density at radius 1 is 1.30 bits per heavy atom. The SMILES string of the molecule is CCNC(CSc1ccc(C(C)C)cc1)C1CCOC1. The first kappa shape index (κ1) is 15.9. The fraction of sp³-hybridized carbons (Fsp3) is 0.647. The summed E-state index contributed by atoms with van der Waals surface area (Å²) in [5.41, 5.74) is 1.42. The maximum Gasteiger partial charge on any atom is 0.0510 e. The number of rotatable bonds is 7. The molecule has 0 aliphatic carbocycles. The second-order valence-corrected chi connectivity index (χ2v) is 6.92. The van der Waals surface area contributed by atoms with Gasteiger partial charge in [-0.15, -0.1) is 11.8 Å². The first-order chi connectivity index (χ1) is 9.70. The topological polar surface area (TPSA) is 21.3 Å². The minimum atomic E-state index is 0.567. The maximum absolute atomic E-state index is 5.53. The molecule has 1 aromatic carbocycles. The molecule has 0 spiro atoms. The summed E-state index contributed by atoms with van der Waals surface area (Å²) < 4.78 is 5.53. The number of thioether (sulfide) groups is 1. The van der Waals surface area contributed by atoms with Gasteiger partial charge in [0.2, 0.25) is 0 Å². The third-order valence-corrected chi connectivity index (χ3v) is 5.11. The molecule has 2 nitrogen and oxygen atoms in total. The van der Waals surface area contributed by atoms with E-state index in [1.165, 1.54) is 16.9 Å². The van der Waals surface area contributed by atoms with Gasteiger partial charge in [-0.3, -0.25) is 0 Å². The van der Waals surface area contributed by atoms with Gasteiger partial charge in [-0.1, -0.05) is 32.9 Å². The zero-order chi connectivity index (χ0) is 14.4. The highest BCUT2D eigenvalue weighted by Gasteiger charge is 2.25. The molecule has 1 fully saturated rings. The summed E-state index contributed by atoms with van der Waals surface area (Å²) in [6, 6.07) is 9.60. The molecule has 0 amide bonds. The Kier molecular flexibility index (Phi) is 6.40. The van der Waals surface area contributed by atoms with Crippen molar-refractivity contribution < 1.29 is 4.74 Å². The van der Waals surface area contributed by atoms with Gasteiger partial charge in [0.1, 0.15) is 0 Å². The molecule has 1 aliphatic heterocycles. The van der Waals surface area contributed by atoms with Crippen LogP contribution in [0.25, 0.3) is 0 Å². The minimum absolute atomic E-state index is 0.567. The van der Waals surface area contributed by atoms with Crippen molar-refractivity contribution in [3.63, 3.8) is 0 Å². The van der Waals surface area contributed by atoms with E-state index in [1.54, 1.807) is 0 Å². The smallest absolute Gasteiger partial charge is 0.0510 e. The van der Waals surface area contributed by atoms with Gasteiger partial charge in [0.05, 0.1) is 6.61 Å². The van der Waals surface area contributed by atoms with Crippen molar-refractivity contribution in [2.75, 3.05) is 25.5 Å². The van der Waals surface area contributed by atoms with Crippen molar-refractivity contribution in [3.8, 4) is 0 Å². The van der Waals surface area contributed by atoms with Crippen LogP contribution in [0.1, 0.15) is 38.7 Å². The van der Waals surface area contributed by atoms with Crippen LogP contribution in [0.15, 0.2) is 29.2 Å². The lowest BCUT2D eigenvalue weighted by Crippen LogP contribution is -2.38. The monoisotopic (exact) mass is 293 g/mol. The Balaban J connectivity index is 1.87. The van der Waals surface area contributed by atoms with Crippen LogP contribution in [0.3, 0.4) is 0 Å². The van der Waals surface area contributed by atoms with Gasteiger partial charge in [-0.25, -0.2) is 0 Å². The van der Waals surface area contributed by atoms with E-state index in [9.17, 15) is 0 Å². The Morgan fingerprint density at radius 3 is 2.60 bits per heavy atom. The zero-order valence-corrected chi connectivity index (χ0v) is 13.7. The molecular formula is C17H27NOS. The Morgan fingerprint density at radius 2 is 2.05 bits per heavy atom. The van der Waals surface area contributed by atoms with E-state index in [1.807, 2.05) is 11.8 Å². The summed E-state index contributed by atoms with van der Waals surface area (Å²) in [6.45, 7) is 9.55. The average Bonchev–Trinajstić information content (AvgIpc) is 2.98. The molecule has 20 heavy (non-hydrogen) atoms. The van der Waals surface area contributed by atoms with E-state index in [-0.39, 0.29) is 0 Å². The molecule has 112 valence electrons. The maximum atomic E-state index is 5.53. The minimum Gasteiger partial charge on any atom is -0.381 e. The van der Waals surface area contributed by atoms with Gasteiger partial charge in [0.25, 0.3) is 0 Å². The highest BCUT2D eigenvalue weighted by atomic mass is 32.2. The summed E-state index contributed by atoms with van der Waals surface area (Å²) in [5.74, 6) is 2.42. The molecular weight excluding hydrogens is 266 g/mol. The lowest BCUT2D eigenvalue weighted by Gasteiger charge is -2.23. The van der Waals surface area contributed by atoms with Crippen LogP contribution in [0.2, 0.25) is 0 Å². The second-order valence-electron chi connectivity index (χ2n) is 5.82. The van der Waals surface area contributed by atoms with E-state index in [0.717, 1.165) is 25.5 Å². The van der Waals surface area contributed by atoms with Crippen LogP contribution in [0.5, 0.6) is 0 Å². The molecule has 2 unspecified atom stereocenters. The molecule has 1 saturated heterocycles. The molecule has 0 saturated carbocycles. The Bertz CT molecular complexity index is 384. The highest BCUT2D eigenvalue weighted by molar-refractivity contribution is 7.99. The van der Waals surface area contributed by atoms with Gasteiger partial charge in [0.15, 0.2) is 0 Å². The lowest BCUT2D eigenvalue weighted by atomic mass is 10.0.